The van der Waals surface area contributed by atoms with E-state index in [1.165, 1.54) is 18.5 Å². The van der Waals surface area contributed by atoms with Gasteiger partial charge < -0.3 is 20.0 Å². The summed E-state index contributed by atoms with van der Waals surface area (Å²) in [6.07, 6.45) is 4.30. The lowest BCUT2D eigenvalue weighted by Gasteiger charge is -2.32. The van der Waals surface area contributed by atoms with Crippen molar-refractivity contribution in [1.29, 1.82) is 0 Å². The van der Waals surface area contributed by atoms with E-state index < -0.39 is 0 Å². The van der Waals surface area contributed by atoms with E-state index in [-0.39, 0.29) is 5.91 Å². The van der Waals surface area contributed by atoms with Gasteiger partial charge >= 0.3 is 0 Å². The molecule has 27 heavy (non-hydrogen) atoms. The number of amides is 1. The number of anilines is 3. The predicted molar refractivity (Wildman–Crippen MR) is 109 cm³/mol. The molecule has 0 spiro atoms. The lowest BCUT2D eigenvalue weighted by molar-refractivity contribution is 0.0658. The quantitative estimate of drug-likeness (QED) is 0.903. The second-order valence-corrected chi connectivity index (χ2v) is 7.39. The van der Waals surface area contributed by atoms with Crippen LogP contribution < -0.4 is 10.2 Å². The van der Waals surface area contributed by atoms with Gasteiger partial charge in [-0.15, -0.1) is 0 Å². The van der Waals surface area contributed by atoms with Crippen LogP contribution in [0.2, 0.25) is 0 Å². The summed E-state index contributed by atoms with van der Waals surface area (Å²) in [5.74, 6) is 0.0182. The molecule has 4 rings (SSSR count). The summed E-state index contributed by atoms with van der Waals surface area (Å²) >= 11 is 0. The predicted octanol–water partition coefficient (Wildman–Crippen LogP) is 2.81. The Morgan fingerprint density at radius 1 is 0.889 bits per heavy atom. The molecule has 1 aromatic carbocycles. The average molecular weight is 365 g/mol. The molecular formula is C21H27N5O. The maximum Gasteiger partial charge on any atom is 0.272 e. The summed E-state index contributed by atoms with van der Waals surface area (Å²) in [5.41, 5.74) is 3.70. The third kappa shape index (κ3) is 4.22. The van der Waals surface area contributed by atoms with Gasteiger partial charge in [0.15, 0.2) is 0 Å². The molecule has 0 aliphatic carbocycles. The molecule has 2 aliphatic rings. The van der Waals surface area contributed by atoms with Crippen LogP contribution in [0, 0.1) is 0 Å². The zero-order valence-electron chi connectivity index (χ0n) is 15.9. The fourth-order valence-electron chi connectivity index (χ4n) is 3.66. The molecule has 1 amide bonds. The van der Waals surface area contributed by atoms with Gasteiger partial charge in [0.25, 0.3) is 5.91 Å². The molecule has 2 aliphatic heterocycles. The number of hydrogen-bond donors (Lipinski definition) is 1. The van der Waals surface area contributed by atoms with Crippen LogP contribution in [0.1, 0.15) is 23.3 Å². The molecule has 2 aromatic rings. The van der Waals surface area contributed by atoms with Crippen LogP contribution in [0.25, 0.3) is 0 Å². The highest BCUT2D eigenvalue weighted by Crippen LogP contribution is 2.24. The van der Waals surface area contributed by atoms with E-state index in [0.29, 0.717) is 5.69 Å². The zero-order valence-corrected chi connectivity index (χ0v) is 15.9. The number of benzene rings is 1. The summed E-state index contributed by atoms with van der Waals surface area (Å²) in [6.45, 7) is 5.66. The number of carbonyl (C=O) groups excluding carboxylic acids is 1. The second-order valence-electron chi connectivity index (χ2n) is 7.39. The van der Waals surface area contributed by atoms with Crippen LogP contribution in [0.5, 0.6) is 0 Å². The van der Waals surface area contributed by atoms with Crippen molar-refractivity contribution < 1.29 is 4.79 Å². The molecule has 3 heterocycles. The molecule has 6 nitrogen and oxygen atoms in total. The standard InChI is InChI=1S/C21H27N5O/c1-24-12-14-26(15-13-24)21(27)20-9-6-18(16-22-20)23-17-4-7-19(8-5-17)25-10-2-3-11-25/h4-9,16,23H,2-3,10-15H2,1H3. The summed E-state index contributed by atoms with van der Waals surface area (Å²) in [5, 5.41) is 3.36. The Morgan fingerprint density at radius 3 is 2.19 bits per heavy atom. The van der Waals surface area contributed by atoms with Gasteiger partial charge in [-0.1, -0.05) is 0 Å². The van der Waals surface area contributed by atoms with Crippen LogP contribution in [0.4, 0.5) is 17.1 Å². The smallest absolute Gasteiger partial charge is 0.272 e. The van der Waals surface area contributed by atoms with E-state index in [9.17, 15) is 4.79 Å². The highest BCUT2D eigenvalue weighted by atomic mass is 16.2. The highest BCUT2D eigenvalue weighted by molar-refractivity contribution is 5.92. The molecule has 2 saturated heterocycles. The fourth-order valence-corrected chi connectivity index (χ4v) is 3.66. The highest BCUT2D eigenvalue weighted by Gasteiger charge is 2.21. The number of aromatic nitrogens is 1. The van der Waals surface area contributed by atoms with Crippen molar-refractivity contribution in [3.05, 3.63) is 48.3 Å². The SMILES string of the molecule is CN1CCN(C(=O)c2ccc(Nc3ccc(N4CCCC4)cc3)cn2)CC1. The molecule has 0 bridgehead atoms. The number of nitrogens with one attached hydrogen (secondary N) is 1. The van der Waals surface area contributed by atoms with Crippen LogP contribution in [0.3, 0.4) is 0 Å². The van der Waals surface area contributed by atoms with Crippen molar-refractivity contribution in [3.8, 4) is 0 Å². The molecule has 0 atom stereocenters. The zero-order chi connectivity index (χ0) is 18.6. The van der Waals surface area contributed by atoms with Crippen LogP contribution in [0.15, 0.2) is 42.6 Å². The molecule has 6 heteroatoms. The molecule has 1 aromatic heterocycles. The van der Waals surface area contributed by atoms with E-state index in [1.54, 1.807) is 6.20 Å². The summed E-state index contributed by atoms with van der Waals surface area (Å²) < 4.78 is 0. The van der Waals surface area contributed by atoms with Crippen LogP contribution in [-0.4, -0.2) is 67.0 Å². The third-order valence-electron chi connectivity index (χ3n) is 5.40. The van der Waals surface area contributed by atoms with Crippen molar-refractivity contribution in [3.63, 3.8) is 0 Å². The first kappa shape index (κ1) is 17.8. The van der Waals surface area contributed by atoms with Gasteiger partial charge in [-0.05, 0) is 56.3 Å². The Kier molecular flexibility index (Phi) is 5.25. The Bertz CT molecular complexity index is 760. The van der Waals surface area contributed by atoms with E-state index in [4.69, 9.17) is 0 Å². The minimum Gasteiger partial charge on any atom is -0.372 e. The lowest BCUT2D eigenvalue weighted by Crippen LogP contribution is -2.47. The fraction of sp³-hybridized carbons (Fsp3) is 0.429. The Hall–Kier alpha value is -2.60. The van der Waals surface area contributed by atoms with Gasteiger partial charge in [0, 0.05) is 50.6 Å². The monoisotopic (exact) mass is 365 g/mol. The van der Waals surface area contributed by atoms with Crippen LogP contribution in [-0.2, 0) is 0 Å². The number of nitrogens with zero attached hydrogens (tertiary/aromatic N) is 4. The maximum absolute atomic E-state index is 12.6. The number of rotatable bonds is 4. The molecule has 142 valence electrons. The number of pyridine rings is 1. The number of hydrogen-bond acceptors (Lipinski definition) is 5. The Balaban J connectivity index is 1.36. The maximum atomic E-state index is 12.6. The normalized spacial score (nSPS) is 18.0. The number of piperazine rings is 1. The largest absolute Gasteiger partial charge is 0.372 e. The van der Waals surface area contributed by atoms with E-state index in [2.05, 4.69) is 51.4 Å². The molecule has 1 N–H and O–H groups in total. The summed E-state index contributed by atoms with van der Waals surface area (Å²) in [7, 11) is 2.08. The van der Waals surface area contributed by atoms with E-state index >= 15 is 0 Å². The first-order valence-electron chi connectivity index (χ1n) is 9.75. The number of likely N-dealkylation sites (N-methyl/N-ethyl adjacent to an activating group) is 1. The molecule has 0 unspecified atom stereocenters. The minimum absolute atomic E-state index is 0.0182. The van der Waals surface area contributed by atoms with Crippen molar-refractivity contribution in [2.24, 2.45) is 0 Å². The van der Waals surface area contributed by atoms with Crippen molar-refractivity contribution in [2.75, 3.05) is 56.5 Å². The topological polar surface area (TPSA) is 51.7 Å². The van der Waals surface area contributed by atoms with Crippen molar-refractivity contribution in [2.45, 2.75) is 12.8 Å². The lowest BCUT2D eigenvalue weighted by atomic mass is 10.2. The summed E-state index contributed by atoms with van der Waals surface area (Å²) in [4.78, 5) is 23.5. The first-order valence-corrected chi connectivity index (χ1v) is 9.75. The average Bonchev–Trinajstić information content (AvgIpc) is 3.24. The van der Waals surface area contributed by atoms with Gasteiger partial charge in [0.1, 0.15) is 5.69 Å². The molecular weight excluding hydrogens is 338 g/mol. The van der Waals surface area contributed by atoms with E-state index in [0.717, 1.165) is 50.6 Å². The van der Waals surface area contributed by atoms with Crippen LogP contribution >= 0.6 is 0 Å². The van der Waals surface area contributed by atoms with Crippen molar-refractivity contribution >= 4 is 23.0 Å². The van der Waals surface area contributed by atoms with Gasteiger partial charge in [-0.25, -0.2) is 4.98 Å². The third-order valence-corrected chi connectivity index (χ3v) is 5.40. The Labute approximate surface area is 160 Å². The van der Waals surface area contributed by atoms with Gasteiger partial charge in [0.2, 0.25) is 0 Å². The van der Waals surface area contributed by atoms with Gasteiger partial charge in [-0.3, -0.25) is 4.79 Å². The van der Waals surface area contributed by atoms with E-state index in [1.807, 2.05) is 17.0 Å². The first-order chi connectivity index (χ1) is 13.2. The molecule has 0 radical (unpaired) electrons. The minimum atomic E-state index is 0.0182. The van der Waals surface area contributed by atoms with Gasteiger partial charge in [-0.2, -0.15) is 0 Å². The van der Waals surface area contributed by atoms with Gasteiger partial charge in [0.05, 0.1) is 11.9 Å². The molecule has 2 fully saturated rings. The molecule has 0 saturated carbocycles. The second kappa shape index (κ2) is 7.96. The number of carbonyl (C=O) groups is 1. The Morgan fingerprint density at radius 2 is 1.56 bits per heavy atom. The van der Waals surface area contributed by atoms with Crippen molar-refractivity contribution in [1.82, 2.24) is 14.8 Å². The summed E-state index contributed by atoms with van der Waals surface area (Å²) in [6, 6.07) is 12.2.